The zero-order valence-corrected chi connectivity index (χ0v) is 13.9. The number of rotatable bonds is 9. The number of carboxylic acids is 1. The van der Waals surface area contributed by atoms with E-state index in [1.54, 1.807) is 6.07 Å². The second-order valence-electron chi connectivity index (χ2n) is 5.39. The maximum atomic E-state index is 11.9. The van der Waals surface area contributed by atoms with Gasteiger partial charge in [0.1, 0.15) is 11.8 Å². The van der Waals surface area contributed by atoms with E-state index in [-0.39, 0.29) is 19.0 Å². The van der Waals surface area contributed by atoms with Crippen LogP contribution in [0.25, 0.3) is 0 Å². The minimum absolute atomic E-state index is 0.0483. The number of amides is 1. The summed E-state index contributed by atoms with van der Waals surface area (Å²) in [6.07, 6.45) is 0.661. The molecule has 0 heterocycles. The third-order valence-corrected chi connectivity index (χ3v) is 3.49. The van der Waals surface area contributed by atoms with Crippen LogP contribution in [0.5, 0.6) is 5.75 Å². The fourth-order valence-electron chi connectivity index (χ4n) is 2.02. The molecule has 1 atom stereocenters. The molecule has 0 radical (unpaired) electrons. The lowest BCUT2D eigenvalue weighted by molar-refractivity contribution is -0.142. The van der Waals surface area contributed by atoms with E-state index in [9.17, 15) is 9.59 Å². The number of nitrogens with zero attached hydrogens (tertiary/aromatic N) is 1. The molecular weight excluding hydrogens is 312 g/mol. The van der Waals surface area contributed by atoms with Crippen LogP contribution in [-0.4, -0.2) is 42.1 Å². The third kappa shape index (κ3) is 6.55. The summed E-state index contributed by atoms with van der Waals surface area (Å²) >= 11 is 0. The Morgan fingerprint density at radius 3 is 2.67 bits per heavy atom. The van der Waals surface area contributed by atoms with Crippen molar-refractivity contribution in [3.63, 3.8) is 0 Å². The highest BCUT2D eigenvalue weighted by molar-refractivity contribution is 5.84. The molecular formula is C16H24N4O4. The smallest absolute Gasteiger partial charge is 0.326 e. The molecule has 0 aliphatic rings. The largest absolute Gasteiger partial charge is 0.483 e. The van der Waals surface area contributed by atoms with E-state index in [1.165, 1.54) is 0 Å². The van der Waals surface area contributed by atoms with Crippen LogP contribution in [0.3, 0.4) is 0 Å². The van der Waals surface area contributed by atoms with Crippen molar-refractivity contribution in [2.24, 2.45) is 16.5 Å². The highest BCUT2D eigenvalue weighted by Crippen LogP contribution is 2.20. The number of aryl methyl sites for hydroxylation is 1. The zero-order chi connectivity index (χ0) is 18.1. The summed E-state index contributed by atoms with van der Waals surface area (Å²) in [5.41, 5.74) is 12.4. The number of hydrogen-bond donors (Lipinski definition) is 4. The van der Waals surface area contributed by atoms with E-state index in [0.717, 1.165) is 11.1 Å². The number of aliphatic imine (C=N–C) groups is 1. The molecule has 24 heavy (non-hydrogen) atoms. The Balaban J connectivity index is 2.49. The van der Waals surface area contributed by atoms with Gasteiger partial charge in [0.2, 0.25) is 0 Å². The topological polar surface area (TPSA) is 140 Å². The lowest BCUT2D eigenvalue weighted by Crippen LogP contribution is -2.43. The summed E-state index contributed by atoms with van der Waals surface area (Å²) in [6, 6.07) is 4.53. The van der Waals surface area contributed by atoms with Gasteiger partial charge in [-0.1, -0.05) is 12.1 Å². The zero-order valence-electron chi connectivity index (χ0n) is 13.9. The highest BCUT2D eigenvalue weighted by Gasteiger charge is 2.19. The van der Waals surface area contributed by atoms with Crippen molar-refractivity contribution in [2.75, 3.05) is 13.2 Å². The van der Waals surface area contributed by atoms with Crippen molar-refractivity contribution in [3.05, 3.63) is 29.3 Å². The normalized spacial score (nSPS) is 11.4. The van der Waals surface area contributed by atoms with Crippen LogP contribution in [0, 0.1) is 13.8 Å². The first kappa shape index (κ1) is 19.3. The second-order valence-corrected chi connectivity index (χ2v) is 5.39. The molecule has 0 bridgehead atoms. The predicted octanol–water partition coefficient (Wildman–Crippen LogP) is 0.305. The quantitative estimate of drug-likeness (QED) is 0.290. The van der Waals surface area contributed by atoms with Gasteiger partial charge in [0.25, 0.3) is 5.91 Å². The third-order valence-electron chi connectivity index (χ3n) is 3.49. The van der Waals surface area contributed by atoms with Gasteiger partial charge in [-0.15, -0.1) is 0 Å². The first-order valence-corrected chi connectivity index (χ1v) is 7.58. The van der Waals surface area contributed by atoms with Crippen LogP contribution in [0.2, 0.25) is 0 Å². The summed E-state index contributed by atoms with van der Waals surface area (Å²) < 4.78 is 5.46. The number of nitrogens with one attached hydrogen (secondary N) is 1. The molecule has 0 saturated carbocycles. The fraction of sp³-hybridized carbons (Fsp3) is 0.438. The van der Waals surface area contributed by atoms with E-state index in [1.807, 2.05) is 26.0 Å². The van der Waals surface area contributed by atoms with Crippen LogP contribution in [0.15, 0.2) is 23.2 Å². The van der Waals surface area contributed by atoms with E-state index in [4.69, 9.17) is 21.3 Å². The fourth-order valence-corrected chi connectivity index (χ4v) is 2.02. The van der Waals surface area contributed by atoms with E-state index >= 15 is 0 Å². The highest BCUT2D eigenvalue weighted by atomic mass is 16.5. The Hall–Kier alpha value is -2.77. The number of aliphatic carboxylic acids is 1. The van der Waals surface area contributed by atoms with Crippen LogP contribution in [-0.2, 0) is 9.59 Å². The van der Waals surface area contributed by atoms with Crippen molar-refractivity contribution in [1.82, 2.24) is 5.32 Å². The van der Waals surface area contributed by atoms with Gasteiger partial charge in [-0.3, -0.25) is 9.79 Å². The predicted molar refractivity (Wildman–Crippen MR) is 90.9 cm³/mol. The molecule has 0 fully saturated rings. The summed E-state index contributed by atoms with van der Waals surface area (Å²) in [5, 5.41) is 11.6. The number of benzene rings is 1. The molecule has 0 saturated heterocycles. The Morgan fingerprint density at radius 2 is 2.04 bits per heavy atom. The first-order chi connectivity index (χ1) is 11.3. The van der Waals surface area contributed by atoms with Crippen molar-refractivity contribution < 1.29 is 19.4 Å². The lowest BCUT2D eigenvalue weighted by atomic mass is 10.1. The SMILES string of the molecule is Cc1cccc(OCC(=O)N[C@@H](CCCN=C(N)N)C(=O)O)c1C. The number of hydrogen-bond acceptors (Lipinski definition) is 4. The maximum Gasteiger partial charge on any atom is 0.326 e. The Labute approximate surface area is 140 Å². The Bertz CT molecular complexity index is 612. The average Bonchev–Trinajstić information content (AvgIpc) is 2.51. The van der Waals surface area contributed by atoms with Gasteiger partial charge in [0, 0.05) is 6.54 Å². The number of carbonyl (C=O) groups excluding carboxylic acids is 1. The number of carbonyl (C=O) groups is 2. The Kier molecular flexibility index (Phi) is 7.54. The molecule has 0 spiro atoms. The second kappa shape index (κ2) is 9.39. The number of ether oxygens (including phenoxy) is 1. The molecule has 0 unspecified atom stereocenters. The molecule has 1 aromatic rings. The van der Waals surface area contributed by atoms with Gasteiger partial charge >= 0.3 is 5.97 Å². The standard InChI is InChI=1S/C16H24N4O4/c1-10-5-3-7-13(11(10)2)24-9-14(21)20-12(15(22)23)6-4-8-19-16(17)18/h3,5,7,12H,4,6,8-9H2,1-2H3,(H,20,21)(H,22,23)(H4,17,18,19)/t12-/m0/s1. The Morgan fingerprint density at radius 1 is 1.33 bits per heavy atom. The molecule has 0 aliphatic heterocycles. The minimum Gasteiger partial charge on any atom is -0.483 e. The van der Waals surface area contributed by atoms with E-state index in [2.05, 4.69) is 10.3 Å². The molecule has 1 amide bonds. The maximum absolute atomic E-state index is 11.9. The van der Waals surface area contributed by atoms with E-state index in [0.29, 0.717) is 18.7 Å². The molecule has 132 valence electrons. The van der Waals surface area contributed by atoms with Gasteiger partial charge in [-0.05, 0) is 43.9 Å². The van der Waals surface area contributed by atoms with Crippen molar-refractivity contribution in [2.45, 2.75) is 32.7 Å². The molecule has 1 rings (SSSR count). The van der Waals surface area contributed by atoms with Crippen molar-refractivity contribution >= 4 is 17.8 Å². The number of nitrogens with two attached hydrogens (primary N) is 2. The minimum atomic E-state index is -1.11. The van der Waals surface area contributed by atoms with Crippen LogP contribution < -0.4 is 21.5 Å². The van der Waals surface area contributed by atoms with Crippen molar-refractivity contribution in [1.29, 1.82) is 0 Å². The van der Waals surface area contributed by atoms with Gasteiger partial charge in [0.05, 0.1) is 0 Å². The van der Waals surface area contributed by atoms with Crippen LogP contribution in [0.1, 0.15) is 24.0 Å². The number of guanidine groups is 1. The van der Waals surface area contributed by atoms with Crippen LogP contribution >= 0.6 is 0 Å². The summed E-state index contributed by atoms with van der Waals surface area (Å²) in [4.78, 5) is 26.9. The summed E-state index contributed by atoms with van der Waals surface area (Å²) in [6.45, 7) is 3.90. The van der Waals surface area contributed by atoms with Crippen molar-refractivity contribution in [3.8, 4) is 5.75 Å². The molecule has 6 N–H and O–H groups in total. The first-order valence-electron chi connectivity index (χ1n) is 7.58. The number of carboxylic acid groups (broad SMARTS) is 1. The molecule has 8 nitrogen and oxygen atoms in total. The molecule has 0 aliphatic carbocycles. The molecule has 0 aromatic heterocycles. The summed E-state index contributed by atoms with van der Waals surface area (Å²) in [5.74, 6) is -1.05. The molecule has 8 heteroatoms. The summed E-state index contributed by atoms with van der Waals surface area (Å²) in [7, 11) is 0. The monoisotopic (exact) mass is 336 g/mol. The van der Waals surface area contributed by atoms with E-state index < -0.39 is 17.9 Å². The van der Waals surface area contributed by atoms with Gasteiger partial charge in [0.15, 0.2) is 12.6 Å². The van der Waals surface area contributed by atoms with Gasteiger partial charge in [-0.25, -0.2) is 4.79 Å². The molecule has 1 aromatic carbocycles. The van der Waals surface area contributed by atoms with Gasteiger partial charge in [-0.2, -0.15) is 0 Å². The van der Waals surface area contributed by atoms with Crippen LogP contribution in [0.4, 0.5) is 0 Å². The average molecular weight is 336 g/mol. The lowest BCUT2D eigenvalue weighted by Gasteiger charge is -2.15. The van der Waals surface area contributed by atoms with Gasteiger partial charge < -0.3 is 26.6 Å².